The number of fused-ring (bicyclic) bond motifs is 3. The number of aromatic nitrogens is 1. The molecule has 1 aromatic carbocycles. The van der Waals surface area contributed by atoms with Gasteiger partial charge in [-0.05, 0) is 19.1 Å². The molecule has 0 saturated carbocycles. The smallest absolute Gasteiger partial charge is 0.273 e. The predicted octanol–water partition coefficient (Wildman–Crippen LogP) is 2.08. The summed E-state index contributed by atoms with van der Waals surface area (Å²) in [5.41, 5.74) is -0.408. The van der Waals surface area contributed by atoms with Gasteiger partial charge >= 0.3 is 0 Å². The molecule has 2 aromatic rings. The molecule has 25 heavy (non-hydrogen) atoms. The molecule has 7 nitrogen and oxygen atoms in total. The molecule has 0 spiro atoms. The average Bonchev–Trinajstić information content (AvgIpc) is 3.24. The van der Waals surface area contributed by atoms with E-state index in [4.69, 9.17) is 0 Å². The van der Waals surface area contributed by atoms with E-state index in [1.165, 1.54) is 21.1 Å². The van der Waals surface area contributed by atoms with Crippen LogP contribution >= 0.6 is 11.3 Å². The second-order valence-electron chi connectivity index (χ2n) is 5.90. The Hall–Kier alpha value is -2.74. The maximum absolute atomic E-state index is 13.2. The molecule has 1 saturated heterocycles. The Kier molecular flexibility index (Phi) is 3.57. The third-order valence-electron chi connectivity index (χ3n) is 4.71. The molecule has 0 bridgehead atoms. The van der Waals surface area contributed by atoms with E-state index >= 15 is 0 Å². The van der Waals surface area contributed by atoms with Crippen molar-refractivity contribution in [2.24, 2.45) is 0 Å². The lowest BCUT2D eigenvalue weighted by molar-refractivity contribution is -0.128. The minimum Gasteiger partial charge on any atom is -0.307 e. The lowest BCUT2D eigenvalue weighted by Crippen LogP contribution is -2.69. The molecule has 2 aliphatic rings. The number of benzene rings is 1. The van der Waals surface area contributed by atoms with Crippen molar-refractivity contribution in [3.8, 4) is 0 Å². The van der Waals surface area contributed by atoms with Crippen LogP contribution in [0.25, 0.3) is 0 Å². The molecule has 3 heterocycles. The predicted molar refractivity (Wildman–Crippen MR) is 93.3 cm³/mol. The van der Waals surface area contributed by atoms with E-state index in [1.807, 2.05) is 6.92 Å². The van der Waals surface area contributed by atoms with Gasteiger partial charge in [-0.1, -0.05) is 12.1 Å². The third-order valence-corrected chi connectivity index (χ3v) is 5.40. The summed E-state index contributed by atoms with van der Waals surface area (Å²) in [6.45, 7) is 2.13. The Morgan fingerprint density at radius 3 is 2.88 bits per heavy atom. The first-order valence-corrected chi connectivity index (χ1v) is 8.92. The van der Waals surface area contributed by atoms with Crippen LogP contribution in [-0.4, -0.2) is 39.8 Å². The molecule has 1 fully saturated rings. The van der Waals surface area contributed by atoms with Crippen molar-refractivity contribution < 1.29 is 14.4 Å². The highest BCUT2D eigenvalue weighted by Crippen LogP contribution is 2.44. The molecule has 0 radical (unpaired) electrons. The standard InChI is InChI=1S/C17H16N4O3S/c1-2-20-14(23)11-5-3-4-6-12(11)21-13(22)7-8-17(20,21)15(24)19-16-18-9-10-25-16/h3-6,9-10H,2,7-8H2,1H3,(H,18,19,24)/t17-/m0/s1. The third kappa shape index (κ3) is 2.10. The number of carbonyl (C=O) groups excluding carboxylic acids is 3. The molecule has 8 heteroatoms. The molecule has 1 atom stereocenters. The van der Waals surface area contributed by atoms with Crippen molar-refractivity contribution in [2.75, 3.05) is 16.8 Å². The Morgan fingerprint density at radius 1 is 1.36 bits per heavy atom. The summed E-state index contributed by atoms with van der Waals surface area (Å²) in [4.78, 5) is 45.9. The molecular weight excluding hydrogens is 340 g/mol. The normalized spacial score (nSPS) is 22.0. The molecular formula is C17H16N4O3S. The number of para-hydroxylation sites is 1. The van der Waals surface area contributed by atoms with E-state index in [2.05, 4.69) is 10.3 Å². The second kappa shape index (κ2) is 5.66. The number of hydrogen-bond acceptors (Lipinski definition) is 5. The van der Waals surface area contributed by atoms with Gasteiger partial charge in [0.05, 0.1) is 11.3 Å². The van der Waals surface area contributed by atoms with Gasteiger partial charge in [0.15, 0.2) is 5.13 Å². The second-order valence-corrected chi connectivity index (χ2v) is 6.80. The highest BCUT2D eigenvalue weighted by atomic mass is 32.1. The van der Waals surface area contributed by atoms with E-state index in [0.29, 0.717) is 22.9 Å². The highest BCUT2D eigenvalue weighted by Gasteiger charge is 2.60. The zero-order valence-electron chi connectivity index (χ0n) is 13.6. The summed E-state index contributed by atoms with van der Waals surface area (Å²) < 4.78 is 0. The average molecular weight is 356 g/mol. The largest absolute Gasteiger partial charge is 0.307 e. The summed E-state index contributed by atoms with van der Waals surface area (Å²) in [6, 6.07) is 6.93. The summed E-state index contributed by atoms with van der Waals surface area (Å²) in [6.07, 6.45) is 2.06. The molecule has 2 aliphatic heterocycles. The van der Waals surface area contributed by atoms with E-state index in [1.54, 1.807) is 35.8 Å². The van der Waals surface area contributed by atoms with Crippen LogP contribution in [0, 0.1) is 0 Å². The van der Waals surface area contributed by atoms with Crippen LogP contribution in [0.4, 0.5) is 10.8 Å². The van der Waals surface area contributed by atoms with Crippen molar-refractivity contribution in [2.45, 2.75) is 25.4 Å². The van der Waals surface area contributed by atoms with Crippen LogP contribution in [0.2, 0.25) is 0 Å². The minimum absolute atomic E-state index is 0.160. The first-order valence-electron chi connectivity index (χ1n) is 8.04. The van der Waals surface area contributed by atoms with Crippen LogP contribution in [0.15, 0.2) is 35.8 Å². The fourth-order valence-corrected chi connectivity index (χ4v) is 4.21. The van der Waals surface area contributed by atoms with Crippen LogP contribution in [0.5, 0.6) is 0 Å². The fraction of sp³-hybridized carbons (Fsp3) is 0.294. The molecule has 4 rings (SSSR count). The molecule has 0 unspecified atom stereocenters. The minimum atomic E-state index is -1.34. The number of hydrogen-bond donors (Lipinski definition) is 1. The number of carbonyl (C=O) groups is 3. The zero-order chi connectivity index (χ0) is 17.6. The van der Waals surface area contributed by atoms with E-state index < -0.39 is 11.6 Å². The Morgan fingerprint density at radius 2 is 2.16 bits per heavy atom. The molecule has 0 aliphatic carbocycles. The maximum atomic E-state index is 13.2. The van der Waals surface area contributed by atoms with Gasteiger partial charge in [0, 0.05) is 31.0 Å². The van der Waals surface area contributed by atoms with Gasteiger partial charge in [0.1, 0.15) is 0 Å². The van der Waals surface area contributed by atoms with Gasteiger partial charge < -0.3 is 4.90 Å². The molecule has 128 valence electrons. The Labute approximate surface area is 148 Å². The summed E-state index contributed by atoms with van der Waals surface area (Å²) in [5.74, 6) is -0.802. The quantitative estimate of drug-likeness (QED) is 0.913. The number of thiazole rings is 1. The Bertz CT molecular complexity index is 867. The monoisotopic (exact) mass is 356 g/mol. The topological polar surface area (TPSA) is 82.6 Å². The van der Waals surface area contributed by atoms with Gasteiger partial charge in [-0.3, -0.25) is 24.6 Å². The fourth-order valence-electron chi connectivity index (χ4n) is 3.69. The van der Waals surface area contributed by atoms with Crippen molar-refractivity contribution in [3.05, 3.63) is 41.4 Å². The Balaban J connectivity index is 1.87. The maximum Gasteiger partial charge on any atom is 0.273 e. The van der Waals surface area contributed by atoms with Crippen LogP contribution in [0.3, 0.4) is 0 Å². The highest BCUT2D eigenvalue weighted by molar-refractivity contribution is 7.13. The molecule has 1 aromatic heterocycles. The van der Waals surface area contributed by atoms with Gasteiger partial charge in [-0.2, -0.15) is 0 Å². The van der Waals surface area contributed by atoms with Crippen molar-refractivity contribution in [1.29, 1.82) is 0 Å². The van der Waals surface area contributed by atoms with Crippen LogP contribution < -0.4 is 10.2 Å². The van der Waals surface area contributed by atoms with Crippen molar-refractivity contribution in [3.63, 3.8) is 0 Å². The molecule has 3 amide bonds. The molecule has 1 N–H and O–H groups in total. The van der Waals surface area contributed by atoms with Crippen LogP contribution in [0.1, 0.15) is 30.1 Å². The van der Waals surface area contributed by atoms with Gasteiger partial charge in [-0.25, -0.2) is 4.98 Å². The lowest BCUT2D eigenvalue weighted by atomic mass is 9.95. The lowest BCUT2D eigenvalue weighted by Gasteiger charge is -2.48. The van der Waals surface area contributed by atoms with Gasteiger partial charge in [0.25, 0.3) is 11.8 Å². The van der Waals surface area contributed by atoms with E-state index in [0.717, 1.165) is 0 Å². The first-order chi connectivity index (χ1) is 12.1. The first kappa shape index (κ1) is 15.8. The number of nitrogens with one attached hydrogen (secondary N) is 1. The van der Waals surface area contributed by atoms with Crippen molar-refractivity contribution in [1.82, 2.24) is 9.88 Å². The summed E-state index contributed by atoms with van der Waals surface area (Å²) in [5, 5.41) is 4.97. The summed E-state index contributed by atoms with van der Waals surface area (Å²) in [7, 11) is 0. The summed E-state index contributed by atoms with van der Waals surface area (Å²) >= 11 is 1.29. The SMILES string of the molecule is CCN1C(=O)c2ccccc2N2C(=O)CC[C@]12C(=O)Nc1nccs1. The van der Waals surface area contributed by atoms with Gasteiger partial charge in [-0.15, -0.1) is 11.3 Å². The van der Waals surface area contributed by atoms with Crippen molar-refractivity contribution >= 4 is 39.9 Å². The van der Waals surface area contributed by atoms with E-state index in [-0.39, 0.29) is 24.7 Å². The number of likely N-dealkylation sites (N-methyl/N-ethyl adjacent to an activating group) is 1. The number of nitrogens with zero attached hydrogens (tertiary/aromatic N) is 3. The number of rotatable bonds is 3. The zero-order valence-corrected chi connectivity index (χ0v) is 14.4. The van der Waals surface area contributed by atoms with Gasteiger partial charge in [0.2, 0.25) is 11.6 Å². The number of anilines is 2. The number of amides is 3. The van der Waals surface area contributed by atoms with E-state index in [9.17, 15) is 14.4 Å². The van der Waals surface area contributed by atoms with Crippen LogP contribution in [-0.2, 0) is 9.59 Å².